The second-order valence-electron chi connectivity index (χ2n) is 5.53. The summed E-state index contributed by atoms with van der Waals surface area (Å²) in [4.78, 5) is 0. The summed E-state index contributed by atoms with van der Waals surface area (Å²) in [7, 11) is 1.68. The van der Waals surface area contributed by atoms with E-state index in [4.69, 9.17) is 9.47 Å². The van der Waals surface area contributed by atoms with Crippen LogP contribution in [0.15, 0.2) is 28.3 Å². The molecule has 0 spiro atoms. The maximum Gasteiger partial charge on any atom is 0.166 e. The zero-order chi connectivity index (χ0) is 15.8. The molecule has 0 radical (unpaired) electrons. The topological polar surface area (TPSA) is 30.5 Å². The Kier molecular flexibility index (Phi) is 7.26. The van der Waals surface area contributed by atoms with Crippen LogP contribution in [0.5, 0.6) is 11.5 Å². The van der Waals surface area contributed by atoms with Gasteiger partial charge in [0.05, 0.1) is 13.7 Å². The highest BCUT2D eigenvalue weighted by molar-refractivity contribution is 9.10. The molecule has 0 atom stereocenters. The summed E-state index contributed by atoms with van der Waals surface area (Å²) in [5, 5.41) is 3.53. The number of hydrogen-bond donors (Lipinski definition) is 1. The van der Waals surface area contributed by atoms with Crippen LogP contribution in [-0.4, -0.2) is 20.3 Å². The Morgan fingerprint density at radius 3 is 2.82 bits per heavy atom. The molecule has 0 heterocycles. The number of methoxy groups -OCH3 is 1. The molecule has 0 saturated heterocycles. The summed E-state index contributed by atoms with van der Waals surface area (Å²) in [6.07, 6.45) is 8.79. The normalized spacial score (nSPS) is 14.6. The molecule has 1 aliphatic carbocycles. The lowest BCUT2D eigenvalue weighted by Crippen LogP contribution is -2.17. The average molecular weight is 368 g/mol. The fourth-order valence-corrected chi connectivity index (χ4v) is 3.26. The van der Waals surface area contributed by atoms with Crippen molar-refractivity contribution in [1.29, 1.82) is 0 Å². The number of nitrogens with one attached hydrogen (secondary N) is 1. The Hall–Kier alpha value is -1.00. The van der Waals surface area contributed by atoms with Crippen molar-refractivity contribution in [2.45, 2.75) is 45.6 Å². The lowest BCUT2D eigenvalue weighted by molar-refractivity contribution is 0.306. The minimum Gasteiger partial charge on any atom is -0.493 e. The maximum absolute atomic E-state index is 5.78. The van der Waals surface area contributed by atoms with Gasteiger partial charge in [-0.3, -0.25) is 0 Å². The van der Waals surface area contributed by atoms with Gasteiger partial charge in [0, 0.05) is 16.6 Å². The van der Waals surface area contributed by atoms with Crippen molar-refractivity contribution in [1.82, 2.24) is 5.32 Å². The highest BCUT2D eigenvalue weighted by Gasteiger charge is 2.14. The van der Waals surface area contributed by atoms with Gasteiger partial charge in [-0.2, -0.15) is 0 Å². The molecule has 0 unspecified atom stereocenters. The molecule has 0 aromatic heterocycles. The first-order valence-corrected chi connectivity index (χ1v) is 8.92. The zero-order valence-corrected chi connectivity index (χ0v) is 15.2. The van der Waals surface area contributed by atoms with Crippen LogP contribution in [0.2, 0.25) is 0 Å². The molecule has 0 aliphatic heterocycles. The van der Waals surface area contributed by atoms with Gasteiger partial charge in [-0.15, -0.1) is 0 Å². The first-order valence-electron chi connectivity index (χ1n) is 8.13. The van der Waals surface area contributed by atoms with E-state index in [2.05, 4.69) is 27.3 Å². The fourth-order valence-electron chi connectivity index (χ4n) is 2.80. The third-order valence-electron chi connectivity index (χ3n) is 3.99. The Bertz CT molecular complexity index is 514. The standard InChI is InChI=1S/C18H26BrNO2/c1-3-22-18-15(16(19)9-10-17(18)21-2)13-20-12-11-14-7-5-4-6-8-14/h7,9-10,20H,3-6,8,11-13H2,1-2H3. The monoisotopic (exact) mass is 367 g/mol. The molecule has 22 heavy (non-hydrogen) atoms. The first kappa shape index (κ1) is 17.4. The molecule has 4 heteroatoms. The number of hydrogen-bond acceptors (Lipinski definition) is 3. The van der Waals surface area contributed by atoms with Crippen molar-refractivity contribution in [2.24, 2.45) is 0 Å². The molecular formula is C18H26BrNO2. The van der Waals surface area contributed by atoms with Crippen molar-refractivity contribution in [3.05, 3.63) is 33.8 Å². The summed E-state index contributed by atoms with van der Waals surface area (Å²) in [6.45, 7) is 4.40. The summed E-state index contributed by atoms with van der Waals surface area (Å²) in [5.74, 6) is 1.63. The smallest absolute Gasteiger partial charge is 0.166 e. The first-order chi connectivity index (χ1) is 10.8. The van der Waals surface area contributed by atoms with Gasteiger partial charge in [0.1, 0.15) is 0 Å². The molecule has 1 aromatic rings. The van der Waals surface area contributed by atoms with Gasteiger partial charge in [-0.05, 0) is 57.7 Å². The molecule has 3 nitrogen and oxygen atoms in total. The highest BCUT2D eigenvalue weighted by atomic mass is 79.9. The minimum atomic E-state index is 0.632. The second kappa shape index (κ2) is 9.21. The predicted molar refractivity (Wildman–Crippen MR) is 94.7 cm³/mol. The predicted octanol–water partition coefficient (Wildman–Crippen LogP) is 4.84. The molecule has 1 aliphatic rings. The number of benzene rings is 1. The molecule has 1 N–H and O–H groups in total. The quantitative estimate of drug-likeness (QED) is 0.526. The van der Waals surface area contributed by atoms with Crippen LogP contribution < -0.4 is 14.8 Å². The van der Waals surface area contributed by atoms with Crippen molar-refractivity contribution in [3.63, 3.8) is 0 Å². The van der Waals surface area contributed by atoms with E-state index >= 15 is 0 Å². The third-order valence-corrected chi connectivity index (χ3v) is 4.73. The average Bonchev–Trinajstić information content (AvgIpc) is 2.55. The fraction of sp³-hybridized carbons (Fsp3) is 0.556. The van der Waals surface area contributed by atoms with E-state index < -0.39 is 0 Å². The van der Waals surface area contributed by atoms with E-state index in [0.717, 1.165) is 41.0 Å². The van der Waals surface area contributed by atoms with Crippen LogP contribution in [0, 0.1) is 0 Å². The van der Waals surface area contributed by atoms with Gasteiger partial charge in [0.2, 0.25) is 0 Å². The van der Waals surface area contributed by atoms with Gasteiger partial charge in [0.15, 0.2) is 11.5 Å². The van der Waals surface area contributed by atoms with Gasteiger partial charge in [-0.25, -0.2) is 0 Å². The Labute approximate surface area is 142 Å². The molecule has 0 amide bonds. The second-order valence-corrected chi connectivity index (χ2v) is 6.38. The third kappa shape index (κ3) is 4.75. The molecule has 0 fully saturated rings. The molecule has 0 bridgehead atoms. The number of allylic oxidation sites excluding steroid dienone is 1. The largest absolute Gasteiger partial charge is 0.493 e. The van der Waals surface area contributed by atoms with E-state index in [9.17, 15) is 0 Å². The van der Waals surface area contributed by atoms with E-state index in [1.165, 1.54) is 25.7 Å². The summed E-state index contributed by atoms with van der Waals surface area (Å²) >= 11 is 3.62. The number of halogens is 1. The maximum atomic E-state index is 5.78. The Morgan fingerprint density at radius 2 is 2.14 bits per heavy atom. The van der Waals surface area contributed by atoms with Crippen molar-refractivity contribution in [3.8, 4) is 11.5 Å². The molecular weight excluding hydrogens is 342 g/mol. The highest BCUT2D eigenvalue weighted by Crippen LogP contribution is 2.36. The van der Waals surface area contributed by atoms with Gasteiger partial charge in [0.25, 0.3) is 0 Å². The van der Waals surface area contributed by atoms with Crippen molar-refractivity contribution < 1.29 is 9.47 Å². The summed E-state index contributed by atoms with van der Waals surface area (Å²) in [6, 6.07) is 3.95. The summed E-state index contributed by atoms with van der Waals surface area (Å²) < 4.78 is 12.2. The lowest BCUT2D eigenvalue weighted by atomic mass is 9.97. The number of rotatable bonds is 8. The van der Waals surface area contributed by atoms with Crippen LogP contribution in [-0.2, 0) is 6.54 Å². The van der Waals surface area contributed by atoms with E-state index in [1.54, 1.807) is 12.7 Å². The van der Waals surface area contributed by atoms with E-state index in [0.29, 0.717) is 6.61 Å². The minimum absolute atomic E-state index is 0.632. The molecule has 0 saturated carbocycles. The van der Waals surface area contributed by atoms with Gasteiger partial charge in [-0.1, -0.05) is 27.6 Å². The van der Waals surface area contributed by atoms with Gasteiger partial charge >= 0.3 is 0 Å². The number of ether oxygens (including phenoxy) is 2. The van der Waals surface area contributed by atoms with Crippen LogP contribution >= 0.6 is 15.9 Å². The Morgan fingerprint density at radius 1 is 1.27 bits per heavy atom. The van der Waals surface area contributed by atoms with Crippen molar-refractivity contribution >= 4 is 15.9 Å². The van der Waals surface area contributed by atoms with E-state index in [-0.39, 0.29) is 0 Å². The van der Waals surface area contributed by atoms with Crippen LogP contribution in [0.25, 0.3) is 0 Å². The van der Waals surface area contributed by atoms with Crippen LogP contribution in [0.3, 0.4) is 0 Å². The van der Waals surface area contributed by atoms with Crippen LogP contribution in [0.4, 0.5) is 0 Å². The van der Waals surface area contributed by atoms with Crippen LogP contribution in [0.1, 0.15) is 44.6 Å². The van der Waals surface area contributed by atoms with Gasteiger partial charge < -0.3 is 14.8 Å². The zero-order valence-electron chi connectivity index (χ0n) is 13.6. The Balaban J connectivity index is 1.94. The SMILES string of the molecule is CCOc1c(OC)ccc(Br)c1CNCCC1=CCCCC1. The molecule has 1 aromatic carbocycles. The lowest BCUT2D eigenvalue weighted by Gasteiger charge is -2.17. The molecule has 122 valence electrons. The summed E-state index contributed by atoms with van der Waals surface area (Å²) in [5.41, 5.74) is 2.73. The van der Waals surface area contributed by atoms with Crippen molar-refractivity contribution in [2.75, 3.05) is 20.3 Å². The van der Waals surface area contributed by atoms with E-state index in [1.807, 2.05) is 19.1 Å². The molecule has 2 rings (SSSR count).